The minimum absolute atomic E-state index is 0.0177. The van der Waals surface area contributed by atoms with E-state index in [1.165, 1.54) is 24.4 Å². The lowest BCUT2D eigenvalue weighted by atomic mass is 10.2. The summed E-state index contributed by atoms with van der Waals surface area (Å²) in [7, 11) is 0. The van der Waals surface area contributed by atoms with Gasteiger partial charge in [-0.15, -0.1) is 11.3 Å². The third-order valence-electron chi connectivity index (χ3n) is 2.36. The molecule has 0 unspecified atom stereocenters. The fourth-order valence-electron chi connectivity index (χ4n) is 1.45. The quantitative estimate of drug-likeness (QED) is 0.795. The second-order valence-corrected chi connectivity index (χ2v) is 4.90. The molecular formula is C12H10N2O4S. The summed E-state index contributed by atoms with van der Waals surface area (Å²) in [6.07, 6.45) is 1.33. The highest BCUT2D eigenvalue weighted by Gasteiger charge is 2.13. The van der Waals surface area contributed by atoms with Gasteiger partial charge in [-0.1, -0.05) is 0 Å². The molecule has 2 heterocycles. The first-order chi connectivity index (χ1) is 8.97. The zero-order valence-corrected chi connectivity index (χ0v) is 10.7. The Labute approximate surface area is 111 Å². The van der Waals surface area contributed by atoms with E-state index in [4.69, 9.17) is 5.11 Å². The Morgan fingerprint density at radius 3 is 2.68 bits per heavy atom. The van der Waals surface area contributed by atoms with E-state index in [1.54, 1.807) is 6.92 Å². The van der Waals surface area contributed by atoms with Crippen LogP contribution in [-0.4, -0.2) is 22.0 Å². The Kier molecular flexibility index (Phi) is 3.48. The van der Waals surface area contributed by atoms with Gasteiger partial charge < -0.3 is 15.4 Å². The summed E-state index contributed by atoms with van der Waals surface area (Å²) < 4.78 is 0. The predicted molar refractivity (Wildman–Crippen MR) is 71.0 cm³/mol. The van der Waals surface area contributed by atoms with Crippen molar-refractivity contribution in [3.63, 3.8) is 0 Å². The first kappa shape index (κ1) is 13.0. The number of pyridine rings is 1. The molecule has 6 nitrogen and oxygen atoms in total. The standard InChI is InChI=1S/C12H10N2O4S/c1-6-4-8(15)7(5-13-6)11(16)14-10-3-2-9(19-10)12(17)18/h2-5H,1H3,(H,13,15)(H,14,16)(H,17,18). The van der Waals surface area contributed by atoms with Gasteiger partial charge >= 0.3 is 5.97 Å². The molecule has 0 saturated heterocycles. The molecule has 2 rings (SSSR count). The number of carboxylic acid groups (broad SMARTS) is 1. The number of rotatable bonds is 3. The van der Waals surface area contributed by atoms with Crippen LogP contribution in [-0.2, 0) is 0 Å². The Morgan fingerprint density at radius 2 is 2.11 bits per heavy atom. The molecule has 1 amide bonds. The molecule has 0 fully saturated rings. The highest BCUT2D eigenvalue weighted by Crippen LogP contribution is 2.22. The number of aryl methyl sites for hydroxylation is 1. The summed E-state index contributed by atoms with van der Waals surface area (Å²) >= 11 is 0.929. The molecule has 0 spiro atoms. The lowest BCUT2D eigenvalue weighted by molar-refractivity contribution is 0.0702. The Bertz CT molecular complexity index is 702. The minimum atomic E-state index is -1.06. The van der Waals surface area contributed by atoms with Crippen LogP contribution in [0, 0.1) is 6.92 Å². The molecule has 19 heavy (non-hydrogen) atoms. The van der Waals surface area contributed by atoms with Gasteiger partial charge in [-0.05, 0) is 19.1 Å². The molecule has 0 atom stereocenters. The van der Waals surface area contributed by atoms with Crippen molar-refractivity contribution in [3.8, 4) is 0 Å². The van der Waals surface area contributed by atoms with Crippen LogP contribution in [0.25, 0.3) is 0 Å². The fraction of sp³-hybridized carbons (Fsp3) is 0.0833. The zero-order valence-electron chi connectivity index (χ0n) is 9.89. The smallest absolute Gasteiger partial charge is 0.345 e. The van der Waals surface area contributed by atoms with Gasteiger partial charge in [0.1, 0.15) is 10.4 Å². The number of aromatic carboxylic acids is 1. The van der Waals surface area contributed by atoms with Crippen molar-refractivity contribution in [1.82, 2.24) is 4.98 Å². The maximum absolute atomic E-state index is 11.9. The number of anilines is 1. The van der Waals surface area contributed by atoms with Crippen LogP contribution in [0.3, 0.4) is 0 Å². The second kappa shape index (κ2) is 5.07. The number of carbonyl (C=O) groups is 2. The molecule has 2 aromatic heterocycles. The maximum atomic E-state index is 11.9. The summed E-state index contributed by atoms with van der Waals surface area (Å²) in [4.78, 5) is 37.1. The van der Waals surface area contributed by atoms with E-state index in [0.29, 0.717) is 10.7 Å². The van der Waals surface area contributed by atoms with E-state index in [-0.39, 0.29) is 15.9 Å². The van der Waals surface area contributed by atoms with Crippen LogP contribution in [0.15, 0.2) is 29.2 Å². The summed E-state index contributed by atoms with van der Waals surface area (Å²) in [6, 6.07) is 4.20. The van der Waals surface area contributed by atoms with E-state index in [0.717, 1.165) is 11.3 Å². The number of H-pyrrole nitrogens is 1. The molecule has 0 radical (unpaired) electrons. The summed E-state index contributed by atoms with van der Waals surface area (Å²) in [5, 5.41) is 11.6. The van der Waals surface area contributed by atoms with Crippen LogP contribution < -0.4 is 10.7 Å². The van der Waals surface area contributed by atoms with Crippen molar-refractivity contribution in [2.75, 3.05) is 5.32 Å². The zero-order chi connectivity index (χ0) is 14.0. The van der Waals surface area contributed by atoms with Gasteiger partial charge in [0.25, 0.3) is 5.91 Å². The van der Waals surface area contributed by atoms with Crippen LogP contribution in [0.1, 0.15) is 25.7 Å². The molecule has 0 saturated carbocycles. The van der Waals surface area contributed by atoms with Crippen molar-refractivity contribution < 1.29 is 14.7 Å². The van der Waals surface area contributed by atoms with Gasteiger partial charge in [0.2, 0.25) is 0 Å². The monoisotopic (exact) mass is 278 g/mol. The number of carboxylic acids is 1. The van der Waals surface area contributed by atoms with Crippen LogP contribution in [0.5, 0.6) is 0 Å². The highest BCUT2D eigenvalue weighted by atomic mass is 32.1. The van der Waals surface area contributed by atoms with E-state index < -0.39 is 11.9 Å². The number of hydrogen-bond donors (Lipinski definition) is 3. The lowest BCUT2D eigenvalue weighted by Gasteiger charge is -2.02. The van der Waals surface area contributed by atoms with E-state index in [1.807, 2.05) is 0 Å². The molecular weight excluding hydrogens is 268 g/mol. The highest BCUT2D eigenvalue weighted by molar-refractivity contribution is 7.18. The van der Waals surface area contributed by atoms with Crippen LogP contribution in [0.4, 0.5) is 5.00 Å². The molecule has 0 aliphatic heterocycles. The molecule has 7 heteroatoms. The molecule has 3 N–H and O–H groups in total. The topological polar surface area (TPSA) is 99.3 Å². The van der Waals surface area contributed by atoms with Crippen molar-refractivity contribution in [3.05, 3.63) is 50.8 Å². The average Bonchev–Trinajstić information content (AvgIpc) is 2.77. The van der Waals surface area contributed by atoms with Gasteiger partial charge in [0, 0.05) is 18.0 Å². The van der Waals surface area contributed by atoms with Gasteiger partial charge in [0.05, 0.1) is 5.00 Å². The lowest BCUT2D eigenvalue weighted by Crippen LogP contribution is -2.21. The number of aromatic amines is 1. The maximum Gasteiger partial charge on any atom is 0.345 e. The van der Waals surface area contributed by atoms with Crippen molar-refractivity contribution in [1.29, 1.82) is 0 Å². The van der Waals surface area contributed by atoms with E-state index in [2.05, 4.69) is 10.3 Å². The normalized spacial score (nSPS) is 10.2. The fourth-order valence-corrected chi connectivity index (χ4v) is 2.19. The number of carbonyl (C=O) groups excluding carboxylic acids is 1. The van der Waals surface area contributed by atoms with Gasteiger partial charge in [-0.25, -0.2) is 4.79 Å². The number of amides is 1. The number of aromatic nitrogens is 1. The molecule has 2 aromatic rings. The van der Waals surface area contributed by atoms with E-state index in [9.17, 15) is 14.4 Å². The third-order valence-corrected chi connectivity index (χ3v) is 3.34. The van der Waals surface area contributed by atoms with Crippen molar-refractivity contribution in [2.45, 2.75) is 6.92 Å². The van der Waals surface area contributed by atoms with Gasteiger partial charge in [-0.2, -0.15) is 0 Å². The SMILES string of the molecule is Cc1cc(=O)c(C(=O)Nc2ccc(C(=O)O)s2)c[nH]1. The molecule has 0 aromatic carbocycles. The first-order valence-corrected chi connectivity index (χ1v) is 6.13. The molecule has 0 aliphatic carbocycles. The van der Waals surface area contributed by atoms with Crippen LogP contribution >= 0.6 is 11.3 Å². The first-order valence-electron chi connectivity index (χ1n) is 5.31. The number of nitrogens with one attached hydrogen (secondary N) is 2. The Hall–Kier alpha value is -2.41. The van der Waals surface area contributed by atoms with Crippen molar-refractivity contribution >= 4 is 28.2 Å². The number of hydrogen-bond acceptors (Lipinski definition) is 4. The van der Waals surface area contributed by atoms with Crippen LogP contribution in [0.2, 0.25) is 0 Å². The number of thiophene rings is 1. The summed E-state index contributed by atoms with van der Waals surface area (Å²) in [5.41, 5.74) is 0.255. The molecule has 0 aliphatic rings. The summed E-state index contributed by atoms with van der Waals surface area (Å²) in [5.74, 6) is -1.63. The predicted octanol–water partition coefficient (Wildman–Crippen LogP) is 1.70. The molecule has 98 valence electrons. The second-order valence-electron chi connectivity index (χ2n) is 3.82. The van der Waals surface area contributed by atoms with Gasteiger partial charge in [-0.3, -0.25) is 9.59 Å². The minimum Gasteiger partial charge on any atom is -0.477 e. The Balaban J connectivity index is 2.20. The molecule has 0 bridgehead atoms. The van der Waals surface area contributed by atoms with Crippen molar-refractivity contribution in [2.24, 2.45) is 0 Å². The third kappa shape index (κ3) is 2.89. The largest absolute Gasteiger partial charge is 0.477 e. The summed E-state index contributed by atoms with van der Waals surface area (Å²) in [6.45, 7) is 1.71. The van der Waals surface area contributed by atoms with Gasteiger partial charge in [0.15, 0.2) is 5.43 Å². The van der Waals surface area contributed by atoms with E-state index >= 15 is 0 Å². The average molecular weight is 278 g/mol. The Morgan fingerprint density at radius 1 is 1.37 bits per heavy atom.